The van der Waals surface area contributed by atoms with Gasteiger partial charge in [0, 0.05) is 10.9 Å². The summed E-state index contributed by atoms with van der Waals surface area (Å²) >= 11 is 1.40. The van der Waals surface area contributed by atoms with E-state index in [1.165, 1.54) is 16.7 Å². The van der Waals surface area contributed by atoms with Crippen molar-refractivity contribution in [3.05, 3.63) is 78.2 Å². The molecule has 0 radical (unpaired) electrons. The molecule has 0 bridgehead atoms. The van der Waals surface area contributed by atoms with Gasteiger partial charge < -0.3 is 4.74 Å². The van der Waals surface area contributed by atoms with Crippen molar-refractivity contribution in [2.24, 2.45) is 0 Å². The Balaban J connectivity index is 1.47. The number of benzene rings is 3. The van der Waals surface area contributed by atoms with Crippen LogP contribution in [0.5, 0.6) is 5.75 Å². The molecular weight excluding hydrogens is 344 g/mol. The molecule has 4 rings (SSSR count). The van der Waals surface area contributed by atoms with E-state index >= 15 is 0 Å². The number of fused-ring (bicyclic) bond motifs is 1. The van der Waals surface area contributed by atoms with Crippen molar-refractivity contribution in [3.8, 4) is 17.0 Å². The van der Waals surface area contributed by atoms with E-state index in [1.807, 2.05) is 60.0 Å². The zero-order valence-electron chi connectivity index (χ0n) is 13.9. The van der Waals surface area contributed by atoms with Crippen LogP contribution in [0, 0.1) is 0 Å². The number of rotatable bonds is 5. The van der Waals surface area contributed by atoms with Crippen LogP contribution in [0.15, 0.2) is 78.2 Å². The summed E-state index contributed by atoms with van der Waals surface area (Å²) in [4.78, 5) is 16.6. The number of hydrogen-bond donors (Lipinski definition) is 1. The van der Waals surface area contributed by atoms with Crippen LogP contribution in [-0.4, -0.2) is 17.5 Å². The molecule has 1 amide bonds. The minimum Gasteiger partial charge on any atom is -0.484 e. The summed E-state index contributed by atoms with van der Waals surface area (Å²) < 4.78 is 5.45. The Hall–Kier alpha value is -3.18. The molecular formula is C21H16N2O2S. The Bertz CT molecular complexity index is 1040. The largest absolute Gasteiger partial charge is 0.484 e. The van der Waals surface area contributed by atoms with Crippen molar-refractivity contribution in [1.82, 2.24) is 4.98 Å². The quantitative estimate of drug-likeness (QED) is 0.546. The third kappa shape index (κ3) is 3.58. The molecule has 0 unspecified atom stereocenters. The van der Waals surface area contributed by atoms with Gasteiger partial charge in [-0.1, -0.05) is 60.7 Å². The average Bonchev–Trinajstić information content (AvgIpc) is 3.15. The third-order valence-corrected chi connectivity index (χ3v) is 4.69. The topological polar surface area (TPSA) is 51.2 Å². The summed E-state index contributed by atoms with van der Waals surface area (Å²) in [5.41, 5.74) is 1.91. The van der Waals surface area contributed by atoms with Crippen molar-refractivity contribution in [3.63, 3.8) is 0 Å². The molecule has 1 N–H and O–H groups in total. The van der Waals surface area contributed by atoms with Gasteiger partial charge in [0.1, 0.15) is 5.75 Å². The maximum absolute atomic E-state index is 12.1. The van der Waals surface area contributed by atoms with Crippen LogP contribution in [0.25, 0.3) is 22.0 Å². The van der Waals surface area contributed by atoms with Crippen molar-refractivity contribution in [2.45, 2.75) is 0 Å². The number of ether oxygens (including phenoxy) is 1. The normalized spacial score (nSPS) is 10.6. The number of hydrogen-bond acceptors (Lipinski definition) is 4. The number of anilines is 1. The van der Waals surface area contributed by atoms with Crippen LogP contribution in [0.1, 0.15) is 0 Å². The average molecular weight is 360 g/mol. The van der Waals surface area contributed by atoms with Gasteiger partial charge in [0.25, 0.3) is 5.91 Å². The van der Waals surface area contributed by atoms with E-state index in [2.05, 4.69) is 28.5 Å². The number of nitrogens with zero attached hydrogens (tertiary/aromatic N) is 1. The lowest BCUT2D eigenvalue weighted by atomic mass is 10.0. The number of carbonyl (C=O) groups is 1. The van der Waals surface area contributed by atoms with Gasteiger partial charge in [-0.2, -0.15) is 0 Å². The molecule has 0 aliphatic carbocycles. The summed E-state index contributed by atoms with van der Waals surface area (Å²) in [5.74, 6) is 0.436. The first kappa shape index (κ1) is 16.3. The zero-order valence-corrected chi connectivity index (χ0v) is 14.7. The van der Waals surface area contributed by atoms with E-state index in [1.54, 1.807) is 0 Å². The standard InChI is InChI=1S/C21H16N2O2S/c24-20(13-25-16-9-2-1-3-10-16)23-21-22-19(14-26-21)18-12-6-8-15-7-4-5-11-17(15)18/h1-12,14H,13H2,(H,22,23,24). The fraction of sp³-hybridized carbons (Fsp3) is 0.0476. The molecule has 1 aromatic heterocycles. The number of thiazole rings is 1. The highest BCUT2D eigenvalue weighted by atomic mass is 32.1. The minimum absolute atomic E-state index is 0.0484. The molecule has 0 atom stereocenters. The molecule has 0 aliphatic rings. The first-order valence-electron chi connectivity index (χ1n) is 8.21. The van der Waals surface area contributed by atoms with Gasteiger partial charge in [-0.05, 0) is 22.9 Å². The summed E-state index contributed by atoms with van der Waals surface area (Å²) in [6.45, 7) is -0.0484. The molecule has 0 aliphatic heterocycles. The predicted molar refractivity (Wildman–Crippen MR) is 106 cm³/mol. The van der Waals surface area contributed by atoms with Crippen LogP contribution in [-0.2, 0) is 4.79 Å². The van der Waals surface area contributed by atoms with E-state index in [0.717, 1.165) is 16.6 Å². The van der Waals surface area contributed by atoms with Crippen molar-refractivity contribution >= 4 is 33.1 Å². The summed E-state index contributed by atoms with van der Waals surface area (Å²) in [5, 5.41) is 7.62. The van der Waals surface area contributed by atoms with E-state index in [4.69, 9.17) is 4.74 Å². The maximum atomic E-state index is 12.1. The lowest BCUT2D eigenvalue weighted by molar-refractivity contribution is -0.118. The Morgan fingerprint density at radius 3 is 2.62 bits per heavy atom. The predicted octanol–water partition coefficient (Wildman–Crippen LogP) is 4.98. The Kier molecular flexibility index (Phi) is 4.62. The first-order chi connectivity index (χ1) is 12.8. The SMILES string of the molecule is O=C(COc1ccccc1)Nc1nc(-c2cccc3ccccc23)cs1. The van der Waals surface area contributed by atoms with Crippen LogP contribution in [0.4, 0.5) is 5.13 Å². The number of amides is 1. The second-order valence-electron chi connectivity index (χ2n) is 5.71. The van der Waals surface area contributed by atoms with E-state index < -0.39 is 0 Å². The molecule has 26 heavy (non-hydrogen) atoms. The molecule has 4 nitrogen and oxygen atoms in total. The van der Waals surface area contributed by atoms with Crippen LogP contribution >= 0.6 is 11.3 Å². The monoisotopic (exact) mass is 360 g/mol. The number of para-hydroxylation sites is 1. The number of nitrogens with one attached hydrogen (secondary N) is 1. The molecule has 1 heterocycles. The van der Waals surface area contributed by atoms with Gasteiger partial charge in [-0.3, -0.25) is 10.1 Å². The van der Waals surface area contributed by atoms with Crippen LogP contribution in [0.3, 0.4) is 0 Å². The Morgan fingerprint density at radius 2 is 1.73 bits per heavy atom. The highest BCUT2D eigenvalue weighted by Gasteiger charge is 2.10. The number of aromatic nitrogens is 1. The van der Waals surface area contributed by atoms with Crippen molar-refractivity contribution in [1.29, 1.82) is 0 Å². The fourth-order valence-corrected chi connectivity index (χ4v) is 3.45. The second kappa shape index (κ2) is 7.37. The molecule has 0 saturated carbocycles. The zero-order chi connectivity index (χ0) is 17.8. The first-order valence-corrected chi connectivity index (χ1v) is 9.09. The van der Waals surface area contributed by atoms with Gasteiger partial charge in [0.2, 0.25) is 0 Å². The highest BCUT2D eigenvalue weighted by molar-refractivity contribution is 7.14. The summed E-state index contributed by atoms with van der Waals surface area (Å²) in [6, 6.07) is 23.6. The molecule has 4 aromatic rings. The molecule has 128 valence electrons. The van der Waals surface area contributed by atoms with Gasteiger partial charge in [0.15, 0.2) is 11.7 Å². The van der Waals surface area contributed by atoms with Gasteiger partial charge >= 0.3 is 0 Å². The van der Waals surface area contributed by atoms with Gasteiger partial charge in [-0.15, -0.1) is 11.3 Å². The van der Waals surface area contributed by atoms with Crippen LogP contribution in [0.2, 0.25) is 0 Å². The van der Waals surface area contributed by atoms with Gasteiger partial charge in [0.05, 0.1) is 5.69 Å². The summed E-state index contributed by atoms with van der Waals surface area (Å²) in [6.07, 6.45) is 0. The maximum Gasteiger partial charge on any atom is 0.264 e. The van der Waals surface area contributed by atoms with Crippen molar-refractivity contribution < 1.29 is 9.53 Å². The molecule has 0 fully saturated rings. The Labute approximate surface area is 155 Å². The summed E-state index contributed by atoms with van der Waals surface area (Å²) in [7, 11) is 0. The molecule has 5 heteroatoms. The van der Waals surface area contributed by atoms with Gasteiger partial charge in [-0.25, -0.2) is 4.98 Å². The smallest absolute Gasteiger partial charge is 0.264 e. The fourth-order valence-electron chi connectivity index (χ4n) is 2.72. The van der Waals surface area contributed by atoms with Crippen LogP contribution < -0.4 is 10.1 Å². The third-order valence-electron chi connectivity index (χ3n) is 3.93. The molecule has 0 saturated heterocycles. The minimum atomic E-state index is -0.229. The lowest BCUT2D eigenvalue weighted by Gasteiger charge is -2.05. The lowest BCUT2D eigenvalue weighted by Crippen LogP contribution is -2.20. The second-order valence-corrected chi connectivity index (χ2v) is 6.57. The van der Waals surface area contributed by atoms with Crippen molar-refractivity contribution in [2.75, 3.05) is 11.9 Å². The van der Waals surface area contributed by atoms with E-state index in [-0.39, 0.29) is 12.5 Å². The molecule has 3 aromatic carbocycles. The van der Waals surface area contributed by atoms with E-state index in [9.17, 15) is 4.79 Å². The Morgan fingerprint density at radius 1 is 0.962 bits per heavy atom. The highest BCUT2D eigenvalue weighted by Crippen LogP contribution is 2.30. The van der Waals surface area contributed by atoms with E-state index in [0.29, 0.717) is 10.9 Å². The number of carbonyl (C=O) groups excluding carboxylic acids is 1. The molecule has 0 spiro atoms.